The fraction of sp³-hybridized carbons (Fsp3) is 0.500. The van der Waals surface area contributed by atoms with E-state index in [4.69, 9.17) is 23.2 Å². The molecule has 0 atom stereocenters. The molecule has 0 bridgehead atoms. The van der Waals surface area contributed by atoms with Gasteiger partial charge in [-0.05, 0) is 71.9 Å². The normalized spacial score (nSPS) is 12.6. The summed E-state index contributed by atoms with van der Waals surface area (Å²) in [6.45, 7) is 21.9. The third kappa shape index (κ3) is 4.89. The summed E-state index contributed by atoms with van der Waals surface area (Å²) in [5.41, 5.74) is 7.37. The smallest absolute Gasteiger partial charge is 0.0484 e. The minimum Gasteiger partial charge on any atom is -0.0837 e. The van der Waals surface area contributed by atoms with Gasteiger partial charge in [-0.25, -0.2) is 0 Å². The van der Waals surface area contributed by atoms with Gasteiger partial charge in [-0.15, -0.1) is 0 Å². The highest BCUT2D eigenvalue weighted by Crippen LogP contribution is 2.48. The van der Waals surface area contributed by atoms with Gasteiger partial charge in [0.05, 0.1) is 0 Å². The van der Waals surface area contributed by atoms with Crippen LogP contribution in [0.2, 0.25) is 10.0 Å². The van der Waals surface area contributed by atoms with Gasteiger partial charge in [0.15, 0.2) is 0 Å². The minimum absolute atomic E-state index is 0.0342. The molecule has 0 aliphatic carbocycles. The van der Waals surface area contributed by atoms with Crippen LogP contribution in [0.3, 0.4) is 0 Å². The Morgan fingerprint density at radius 1 is 0.607 bits per heavy atom. The average Bonchev–Trinajstić information content (AvgIpc) is 2.54. The summed E-state index contributed by atoms with van der Waals surface area (Å²) >= 11 is 13.5. The predicted octanol–water partition coefficient (Wildman–Crippen LogP) is 9.62. The molecule has 2 rings (SSSR count). The van der Waals surface area contributed by atoms with Gasteiger partial charge in [0.25, 0.3) is 0 Å². The van der Waals surface area contributed by atoms with Crippen molar-refractivity contribution >= 4 is 44.8 Å². The summed E-state index contributed by atoms with van der Waals surface area (Å²) < 4.78 is 0. The summed E-state index contributed by atoms with van der Waals surface area (Å²) in [5, 5.41) is 1.77. The van der Waals surface area contributed by atoms with Crippen molar-refractivity contribution in [3.05, 3.63) is 55.6 Å². The predicted molar refractivity (Wildman–Crippen MR) is 131 cm³/mol. The van der Waals surface area contributed by atoms with Crippen molar-refractivity contribution in [1.82, 2.24) is 0 Å². The molecule has 0 aliphatic rings. The lowest BCUT2D eigenvalue weighted by Crippen LogP contribution is -2.13. The van der Waals surface area contributed by atoms with Gasteiger partial charge < -0.3 is 0 Å². The highest BCUT2D eigenvalue weighted by molar-refractivity contribution is 8.76. The van der Waals surface area contributed by atoms with Crippen LogP contribution in [-0.4, -0.2) is 0 Å². The number of aryl methyl sites for hydroxylation is 2. The van der Waals surface area contributed by atoms with Crippen LogP contribution in [0, 0.1) is 27.7 Å². The Labute approximate surface area is 189 Å². The summed E-state index contributed by atoms with van der Waals surface area (Å²) in [4.78, 5) is 2.50. The Balaban J connectivity index is 2.43. The van der Waals surface area contributed by atoms with Crippen molar-refractivity contribution in [1.29, 1.82) is 0 Å². The lowest BCUT2D eigenvalue weighted by molar-refractivity contribution is 0.588. The maximum Gasteiger partial charge on any atom is 0.0484 e. The molecular formula is C24H32Cl2S2. The van der Waals surface area contributed by atoms with E-state index in [-0.39, 0.29) is 10.8 Å². The van der Waals surface area contributed by atoms with E-state index in [1.54, 1.807) is 21.6 Å². The summed E-state index contributed by atoms with van der Waals surface area (Å²) in [6, 6.07) is 4.49. The molecule has 0 fully saturated rings. The van der Waals surface area contributed by atoms with Gasteiger partial charge in [-0.1, -0.05) is 98.5 Å². The fourth-order valence-corrected chi connectivity index (χ4v) is 7.33. The second kappa shape index (κ2) is 8.46. The second-order valence-electron chi connectivity index (χ2n) is 9.68. The molecule has 0 heterocycles. The molecule has 0 aliphatic heterocycles. The zero-order chi connectivity index (χ0) is 21.6. The van der Waals surface area contributed by atoms with E-state index in [1.165, 1.54) is 32.0 Å². The Morgan fingerprint density at radius 3 is 1.14 bits per heavy atom. The van der Waals surface area contributed by atoms with Crippen molar-refractivity contribution in [3.8, 4) is 0 Å². The Morgan fingerprint density at radius 2 is 0.893 bits per heavy atom. The van der Waals surface area contributed by atoms with Crippen LogP contribution in [0.4, 0.5) is 0 Å². The van der Waals surface area contributed by atoms with Crippen LogP contribution in [0.1, 0.15) is 74.9 Å². The molecule has 28 heavy (non-hydrogen) atoms. The second-order valence-corrected chi connectivity index (χ2v) is 12.6. The van der Waals surface area contributed by atoms with Crippen LogP contribution in [-0.2, 0) is 10.8 Å². The molecule has 2 aromatic rings. The van der Waals surface area contributed by atoms with Crippen LogP contribution < -0.4 is 0 Å². The first kappa shape index (κ1) is 24.0. The van der Waals surface area contributed by atoms with Gasteiger partial charge in [-0.2, -0.15) is 0 Å². The first-order valence-electron chi connectivity index (χ1n) is 9.61. The van der Waals surface area contributed by atoms with Crippen molar-refractivity contribution in [2.45, 2.75) is 89.9 Å². The molecule has 0 amide bonds. The Kier molecular flexibility index (Phi) is 7.25. The first-order valence-corrected chi connectivity index (χ1v) is 12.5. The van der Waals surface area contributed by atoms with Gasteiger partial charge in [-0.3, -0.25) is 0 Å². The van der Waals surface area contributed by atoms with Crippen molar-refractivity contribution in [3.63, 3.8) is 0 Å². The number of rotatable bonds is 3. The van der Waals surface area contributed by atoms with Crippen LogP contribution >= 0.6 is 44.8 Å². The van der Waals surface area contributed by atoms with Crippen LogP contribution in [0.25, 0.3) is 0 Å². The van der Waals surface area contributed by atoms with Crippen LogP contribution in [0.5, 0.6) is 0 Å². The maximum absolute atomic E-state index is 6.75. The summed E-state index contributed by atoms with van der Waals surface area (Å²) in [6.07, 6.45) is 0. The Hall–Kier alpha value is -0.280. The minimum atomic E-state index is 0.0342. The number of hydrogen-bond donors (Lipinski definition) is 0. The summed E-state index contributed by atoms with van der Waals surface area (Å²) in [7, 11) is 3.57. The lowest BCUT2D eigenvalue weighted by atomic mass is 9.85. The van der Waals surface area contributed by atoms with Crippen molar-refractivity contribution in [2.24, 2.45) is 0 Å². The lowest BCUT2D eigenvalue weighted by Gasteiger charge is -2.25. The zero-order valence-electron chi connectivity index (χ0n) is 18.7. The van der Waals surface area contributed by atoms with E-state index < -0.39 is 0 Å². The molecule has 0 radical (unpaired) electrons. The number of hydrogen-bond acceptors (Lipinski definition) is 2. The zero-order valence-corrected chi connectivity index (χ0v) is 21.9. The Bertz CT molecular complexity index is 825. The molecule has 0 saturated carbocycles. The number of benzene rings is 2. The fourth-order valence-electron chi connectivity index (χ4n) is 3.32. The van der Waals surface area contributed by atoms with E-state index in [2.05, 4.69) is 81.4 Å². The molecule has 0 unspecified atom stereocenters. The largest absolute Gasteiger partial charge is 0.0837 e. The van der Waals surface area contributed by atoms with Crippen LogP contribution in [0.15, 0.2) is 21.9 Å². The third-order valence-corrected chi connectivity index (χ3v) is 8.97. The monoisotopic (exact) mass is 454 g/mol. The molecule has 154 valence electrons. The van der Waals surface area contributed by atoms with Gasteiger partial charge in [0.1, 0.15) is 0 Å². The molecule has 4 heteroatoms. The third-order valence-electron chi connectivity index (χ3n) is 5.07. The van der Waals surface area contributed by atoms with E-state index in [0.29, 0.717) is 0 Å². The molecule has 0 nitrogen and oxygen atoms in total. The molecule has 0 spiro atoms. The SMILES string of the molecule is Cc1cc(C(C)(C)C)c(Cl)c(C)c1SSc1c(C)cc(C(C)(C)C)c(Cl)c1C. The highest BCUT2D eigenvalue weighted by Gasteiger charge is 2.24. The molecule has 0 saturated heterocycles. The van der Waals surface area contributed by atoms with Gasteiger partial charge in [0, 0.05) is 19.8 Å². The van der Waals surface area contributed by atoms with Gasteiger partial charge in [0.2, 0.25) is 0 Å². The number of halogens is 2. The van der Waals surface area contributed by atoms with E-state index >= 15 is 0 Å². The quantitative estimate of drug-likeness (QED) is 0.423. The first-order chi connectivity index (χ1) is 12.7. The maximum atomic E-state index is 6.75. The average molecular weight is 456 g/mol. The molecular weight excluding hydrogens is 423 g/mol. The molecule has 2 aromatic carbocycles. The standard InChI is InChI=1S/C24H32Cl2S2/c1-13-11-17(23(5,6)7)19(25)15(3)21(13)27-28-22-14(2)12-18(24(8,9)10)20(26)16(22)4/h11-12H,1-10H3. The molecule has 0 aromatic heterocycles. The van der Waals surface area contributed by atoms with E-state index in [0.717, 1.165) is 21.2 Å². The summed E-state index contributed by atoms with van der Waals surface area (Å²) in [5.74, 6) is 0. The van der Waals surface area contributed by atoms with Crippen molar-refractivity contribution < 1.29 is 0 Å². The topological polar surface area (TPSA) is 0 Å². The highest BCUT2D eigenvalue weighted by atomic mass is 35.5. The van der Waals surface area contributed by atoms with E-state index in [1.807, 2.05) is 0 Å². The van der Waals surface area contributed by atoms with E-state index in [9.17, 15) is 0 Å². The van der Waals surface area contributed by atoms with Gasteiger partial charge >= 0.3 is 0 Å². The molecule has 0 N–H and O–H groups in total. The van der Waals surface area contributed by atoms with Crippen molar-refractivity contribution in [2.75, 3.05) is 0 Å².